The van der Waals surface area contributed by atoms with Crippen LogP contribution in [0.1, 0.15) is 33.1 Å². The third-order valence-corrected chi connectivity index (χ3v) is 4.14. The molecule has 2 unspecified atom stereocenters. The Kier molecular flexibility index (Phi) is 5.14. The van der Waals surface area contributed by atoms with Crippen molar-refractivity contribution < 1.29 is 19.8 Å². The molecule has 1 aliphatic carbocycles. The van der Waals surface area contributed by atoms with Gasteiger partial charge in [-0.1, -0.05) is 13.3 Å². The topological polar surface area (TPSA) is 77.8 Å². The Balaban J connectivity index is 2.79. The highest BCUT2D eigenvalue weighted by Crippen LogP contribution is 2.39. The van der Waals surface area contributed by atoms with Crippen LogP contribution >= 0.6 is 0 Å². The predicted molar refractivity (Wildman–Crippen MR) is 66.9 cm³/mol. The van der Waals surface area contributed by atoms with E-state index in [1.54, 1.807) is 14.0 Å². The number of aliphatic hydroxyl groups excluding tert-OH is 1. The molecule has 1 fully saturated rings. The molecule has 5 nitrogen and oxygen atoms in total. The lowest BCUT2D eigenvalue weighted by Crippen LogP contribution is -2.43. The van der Waals surface area contributed by atoms with Crippen LogP contribution in [0.5, 0.6) is 0 Å². The van der Waals surface area contributed by atoms with Crippen LogP contribution in [-0.2, 0) is 9.59 Å². The SMILES string of the molecule is CCC1C[C@H](C(=O)N(C)C(C)CO)[C@H](C(=O)O)C1. The molecule has 0 radical (unpaired) electrons. The van der Waals surface area contributed by atoms with Crippen LogP contribution in [0.4, 0.5) is 0 Å². The number of rotatable bonds is 5. The van der Waals surface area contributed by atoms with Crippen LogP contribution in [0, 0.1) is 17.8 Å². The molecule has 0 aromatic rings. The molecule has 1 saturated carbocycles. The smallest absolute Gasteiger partial charge is 0.307 e. The first-order valence-electron chi connectivity index (χ1n) is 6.52. The lowest BCUT2D eigenvalue weighted by Gasteiger charge is -2.27. The van der Waals surface area contributed by atoms with Gasteiger partial charge >= 0.3 is 5.97 Å². The fourth-order valence-corrected chi connectivity index (χ4v) is 2.62. The molecule has 0 saturated heterocycles. The lowest BCUT2D eigenvalue weighted by molar-refractivity contribution is -0.149. The van der Waals surface area contributed by atoms with Gasteiger partial charge in [-0.15, -0.1) is 0 Å². The van der Waals surface area contributed by atoms with Crippen molar-refractivity contribution in [3.63, 3.8) is 0 Å². The molecular weight excluding hydrogens is 234 g/mol. The highest BCUT2D eigenvalue weighted by molar-refractivity contribution is 5.85. The third-order valence-electron chi connectivity index (χ3n) is 4.14. The minimum atomic E-state index is -0.880. The molecule has 1 aliphatic rings. The summed E-state index contributed by atoms with van der Waals surface area (Å²) in [6.45, 7) is 3.67. The monoisotopic (exact) mass is 257 g/mol. The van der Waals surface area contributed by atoms with Crippen LogP contribution in [0.3, 0.4) is 0 Å². The average Bonchev–Trinajstić information content (AvgIpc) is 2.80. The number of amides is 1. The highest BCUT2D eigenvalue weighted by atomic mass is 16.4. The van der Waals surface area contributed by atoms with Crippen molar-refractivity contribution in [3.05, 3.63) is 0 Å². The summed E-state index contributed by atoms with van der Waals surface area (Å²) in [5.74, 6) is -1.73. The number of carbonyl (C=O) groups excluding carboxylic acids is 1. The van der Waals surface area contributed by atoms with Gasteiger partial charge in [-0.3, -0.25) is 9.59 Å². The van der Waals surface area contributed by atoms with E-state index in [1.165, 1.54) is 4.90 Å². The van der Waals surface area contributed by atoms with Gasteiger partial charge in [-0.25, -0.2) is 0 Å². The molecule has 0 aliphatic heterocycles. The second kappa shape index (κ2) is 6.18. The lowest BCUT2D eigenvalue weighted by atomic mass is 9.94. The van der Waals surface area contributed by atoms with Crippen LogP contribution in [0.25, 0.3) is 0 Å². The number of carboxylic acids is 1. The first-order valence-corrected chi connectivity index (χ1v) is 6.52. The fourth-order valence-electron chi connectivity index (χ4n) is 2.62. The molecule has 0 bridgehead atoms. The zero-order chi connectivity index (χ0) is 13.9. The molecule has 18 heavy (non-hydrogen) atoms. The maximum atomic E-state index is 12.3. The summed E-state index contributed by atoms with van der Waals surface area (Å²) in [7, 11) is 1.63. The Morgan fingerprint density at radius 1 is 1.33 bits per heavy atom. The second-order valence-electron chi connectivity index (χ2n) is 5.28. The van der Waals surface area contributed by atoms with Crippen molar-refractivity contribution >= 4 is 11.9 Å². The predicted octanol–water partition coefficient (Wildman–Crippen LogP) is 0.963. The molecule has 2 N–H and O–H groups in total. The number of carbonyl (C=O) groups is 2. The summed E-state index contributed by atoms with van der Waals surface area (Å²) in [4.78, 5) is 25.0. The fraction of sp³-hybridized carbons (Fsp3) is 0.846. The van der Waals surface area contributed by atoms with Gasteiger partial charge in [0.25, 0.3) is 0 Å². The Bertz CT molecular complexity index is 318. The summed E-state index contributed by atoms with van der Waals surface area (Å²) in [5.41, 5.74) is 0. The number of aliphatic carboxylic acids is 1. The molecule has 104 valence electrons. The zero-order valence-electron chi connectivity index (χ0n) is 11.3. The maximum absolute atomic E-state index is 12.3. The molecule has 0 spiro atoms. The number of hydrogen-bond acceptors (Lipinski definition) is 3. The van der Waals surface area contributed by atoms with E-state index in [0.717, 1.165) is 6.42 Å². The van der Waals surface area contributed by atoms with E-state index in [1.807, 2.05) is 6.92 Å². The first kappa shape index (κ1) is 15.0. The Labute approximate surface area is 108 Å². The number of likely N-dealkylation sites (N-methyl/N-ethyl adjacent to an activating group) is 1. The summed E-state index contributed by atoms with van der Waals surface area (Å²) in [6, 6.07) is -0.271. The molecule has 0 heterocycles. The first-order chi connectivity index (χ1) is 8.42. The zero-order valence-corrected chi connectivity index (χ0v) is 11.3. The number of hydrogen-bond donors (Lipinski definition) is 2. The van der Waals surface area contributed by atoms with Crippen molar-refractivity contribution in [2.45, 2.75) is 39.2 Å². The summed E-state index contributed by atoms with van der Waals surface area (Å²) >= 11 is 0. The Hall–Kier alpha value is -1.10. The maximum Gasteiger partial charge on any atom is 0.307 e. The standard InChI is InChI=1S/C13H23NO4/c1-4-9-5-10(11(6-9)13(17)18)12(16)14(3)8(2)7-15/h8-11,15H,4-7H2,1-3H3,(H,17,18)/t8?,9?,10-,11+/m0/s1. The van der Waals surface area contributed by atoms with Gasteiger partial charge in [0.05, 0.1) is 24.5 Å². The largest absolute Gasteiger partial charge is 0.481 e. The Morgan fingerprint density at radius 2 is 1.89 bits per heavy atom. The summed E-state index contributed by atoms with van der Waals surface area (Å²) in [5, 5.41) is 18.3. The van der Waals surface area contributed by atoms with Gasteiger partial charge in [-0.05, 0) is 25.7 Å². The van der Waals surface area contributed by atoms with Crippen molar-refractivity contribution in [2.75, 3.05) is 13.7 Å². The van der Waals surface area contributed by atoms with Crippen molar-refractivity contribution in [3.8, 4) is 0 Å². The molecule has 1 rings (SSSR count). The van der Waals surface area contributed by atoms with E-state index in [9.17, 15) is 14.7 Å². The minimum absolute atomic E-state index is 0.107. The highest BCUT2D eigenvalue weighted by Gasteiger charge is 2.43. The van der Waals surface area contributed by atoms with Gasteiger partial charge < -0.3 is 15.1 Å². The van der Waals surface area contributed by atoms with E-state index in [-0.39, 0.29) is 18.6 Å². The average molecular weight is 257 g/mol. The van der Waals surface area contributed by atoms with Crippen LogP contribution < -0.4 is 0 Å². The van der Waals surface area contributed by atoms with Gasteiger partial charge in [0.2, 0.25) is 5.91 Å². The van der Waals surface area contributed by atoms with Crippen LogP contribution in [0.15, 0.2) is 0 Å². The molecule has 0 aromatic carbocycles. The second-order valence-corrected chi connectivity index (χ2v) is 5.28. The van der Waals surface area contributed by atoms with Crippen LogP contribution in [0.2, 0.25) is 0 Å². The molecule has 5 heteroatoms. The summed E-state index contributed by atoms with van der Waals surface area (Å²) < 4.78 is 0. The molecule has 4 atom stereocenters. The van der Waals surface area contributed by atoms with E-state index in [0.29, 0.717) is 18.8 Å². The summed E-state index contributed by atoms with van der Waals surface area (Å²) in [6.07, 6.45) is 2.14. The van der Waals surface area contributed by atoms with Gasteiger partial charge in [0.1, 0.15) is 0 Å². The third kappa shape index (κ3) is 3.02. The van der Waals surface area contributed by atoms with E-state index in [2.05, 4.69) is 0 Å². The van der Waals surface area contributed by atoms with Crippen molar-refractivity contribution in [1.29, 1.82) is 0 Å². The van der Waals surface area contributed by atoms with E-state index in [4.69, 9.17) is 5.11 Å². The van der Waals surface area contributed by atoms with Gasteiger partial charge in [0.15, 0.2) is 0 Å². The molecule has 1 amide bonds. The van der Waals surface area contributed by atoms with Crippen molar-refractivity contribution in [1.82, 2.24) is 4.90 Å². The number of nitrogens with zero attached hydrogens (tertiary/aromatic N) is 1. The van der Waals surface area contributed by atoms with Gasteiger partial charge in [0, 0.05) is 7.05 Å². The van der Waals surface area contributed by atoms with Gasteiger partial charge in [-0.2, -0.15) is 0 Å². The minimum Gasteiger partial charge on any atom is -0.481 e. The van der Waals surface area contributed by atoms with Crippen LogP contribution in [-0.4, -0.2) is 46.7 Å². The number of aliphatic hydroxyl groups is 1. The van der Waals surface area contributed by atoms with Crippen molar-refractivity contribution in [2.24, 2.45) is 17.8 Å². The van der Waals surface area contributed by atoms with E-state index < -0.39 is 17.8 Å². The number of carboxylic acid groups (broad SMARTS) is 1. The molecular formula is C13H23NO4. The normalized spacial score (nSPS) is 29.0. The Morgan fingerprint density at radius 3 is 2.33 bits per heavy atom. The van der Waals surface area contributed by atoms with E-state index >= 15 is 0 Å². The molecule has 0 aromatic heterocycles. The quantitative estimate of drug-likeness (QED) is 0.769.